The molecule has 1 aromatic heterocycles. The quantitative estimate of drug-likeness (QED) is 0.539. The van der Waals surface area contributed by atoms with Crippen molar-refractivity contribution in [1.29, 1.82) is 0 Å². The van der Waals surface area contributed by atoms with Crippen LogP contribution in [0.2, 0.25) is 0 Å². The second kappa shape index (κ2) is 10.3. The third-order valence-electron chi connectivity index (χ3n) is 4.80. The summed E-state index contributed by atoms with van der Waals surface area (Å²) in [7, 11) is 0. The Bertz CT molecular complexity index is 920. The number of rotatable bonds is 9. The Morgan fingerprint density at radius 1 is 1.03 bits per heavy atom. The molecule has 3 aromatic rings. The molecule has 0 spiro atoms. The highest BCUT2D eigenvalue weighted by Crippen LogP contribution is 2.18. The first-order chi connectivity index (χ1) is 14.0. The van der Waals surface area contributed by atoms with Gasteiger partial charge in [-0.05, 0) is 36.0 Å². The number of carbonyl (C=O) groups excluding carboxylic acids is 1. The average Bonchev–Trinajstić information content (AvgIpc) is 3.07. The van der Waals surface area contributed by atoms with E-state index in [2.05, 4.69) is 65.8 Å². The molecule has 0 saturated carbocycles. The Morgan fingerprint density at radius 2 is 1.76 bits per heavy atom. The van der Waals surface area contributed by atoms with Crippen LogP contribution in [0, 0.1) is 6.92 Å². The van der Waals surface area contributed by atoms with Crippen LogP contribution < -0.4 is 5.32 Å². The molecule has 1 heterocycles. The molecule has 152 valence electrons. The lowest BCUT2D eigenvalue weighted by Crippen LogP contribution is -2.27. The van der Waals surface area contributed by atoms with E-state index in [0.29, 0.717) is 24.8 Å². The smallest absolute Gasteiger partial charge is 0.230 e. The Hall–Kier alpha value is -2.60. The predicted molar refractivity (Wildman–Crippen MR) is 118 cm³/mol. The van der Waals surface area contributed by atoms with E-state index in [1.165, 1.54) is 28.5 Å². The van der Waals surface area contributed by atoms with Gasteiger partial charge in [0.1, 0.15) is 5.82 Å². The monoisotopic (exact) mass is 408 g/mol. The topological polar surface area (TPSA) is 59.8 Å². The normalized spacial score (nSPS) is 11.0. The van der Waals surface area contributed by atoms with Gasteiger partial charge in [-0.3, -0.25) is 4.79 Å². The molecular weight excluding hydrogens is 380 g/mol. The van der Waals surface area contributed by atoms with Crippen LogP contribution in [0.3, 0.4) is 0 Å². The van der Waals surface area contributed by atoms with Gasteiger partial charge in [0.25, 0.3) is 0 Å². The molecule has 5 nitrogen and oxygen atoms in total. The minimum absolute atomic E-state index is 0.0146. The Balaban J connectivity index is 1.46. The number of thioether (sulfide) groups is 1. The molecule has 0 aliphatic heterocycles. The summed E-state index contributed by atoms with van der Waals surface area (Å²) in [6.45, 7) is 7.65. The van der Waals surface area contributed by atoms with E-state index in [4.69, 9.17) is 0 Å². The van der Waals surface area contributed by atoms with E-state index in [-0.39, 0.29) is 5.91 Å². The maximum absolute atomic E-state index is 12.2. The Morgan fingerprint density at radius 3 is 2.45 bits per heavy atom. The molecule has 0 fully saturated rings. The number of nitrogens with zero attached hydrogens (tertiary/aromatic N) is 3. The summed E-state index contributed by atoms with van der Waals surface area (Å²) in [5.74, 6) is 1.73. The second-order valence-corrected chi connectivity index (χ2v) is 8.33. The summed E-state index contributed by atoms with van der Waals surface area (Å²) >= 11 is 1.42. The van der Waals surface area contributed by atoms with Gasteiger partial charge in [-0.1, -0.05) is 80.2 Å². The molecular formula is C23H28N4OS. The molecule has 1 amide bonds. The van der Waals surface area contributed by atoms with Crippen molar-refractivity contribution in [2.24, 2.45) is 0 Å². The molecule has 0 saturated heterocycles. The van der Waals surface area contributed by atoms with Crippen molar-refractivity contribution >= 4 is 17.7 Å². The number of hydrogen-bond acceptors (Lipinski definition) is 4. The largest absolute Gasteiger partial charge is 0.355 e. The highest BCUT2D eigenvalue weighted by molar-refractivity contribution is 7.99. The Kier molecular flexibility index (Phi) is 7.47. The van der Waals surface area contributed by atoms with Gasteiger partial charge in [0.15, 0.2) is 5.16 Å². The lowest BCUT2D eigenvalue weighted by atomic mass is 10.0. The first-order valence-corrected chi connectivity index (χ1v) is 10.9. The van der Waals surface area contributed by atoms with E-state index < -0.39 is 0 Å². The Labute approximate surface area is 176 Å². The van der Waals surface area contributed by atoms with Gasteiger partial charge < -0.3 is 9.88 Å². The van der Waals surface area contributed by atoms with E-state index in [1.54, 1.807) is 0 Å². The molecule has 3 rings (SSSR count). The van der Waals surface area contributed by atoms with Crippen LogP contribution in [0.5, 0.6) is 0 Å². The molecule has 0 unspecified atom stereocenters. The molecule has 29 heavy (non-hydrogen) atoms. The number of aryl methyl sites for hydroxylation is 1. The van der Waals surface area contributed by atoms with Crippen molar-refractivity contribution in [2.45, 2.75) is 44.8 Å². The molecule has 1 N–H and O–H groups in total. The van der Waals surface area contributed by atoms with Gasteiger partial charge in [0.05, 0.1) is 12.3 Å². The standard InChI is InChI=1S/C23H28N4OS/c1-17(2)21-11-9-19(10-12-21)13-14-24-22(28)16-29-23-26-25-18(3)27(23)15-20-7-5-4-6-8-20/h4-12,17H,13-16H2,1-3H3,(H,24,28). The number of hydrogen-bond donors (Lipinski definition) is 1. The van der Waals surface area contributed by atoms with E-state index in [0.717, 1.165) is 17.4 Å². The van der Waals surface area contributed by atoms with Gasteiger partial charge >= 0.3 is 0 Å². The van der Waals surface area contributed by atoms with Crippen LogP contribution in [-0.2, 0) is 17.8 Å². The minimum atomic E-state index is 0.0146. The van der Waals surface area contributed by atoms with Crippen LogP contribution in [-0.4, -0.2) is 33.0 Å². The van der Waals surface area contributed by atoms with Crippen molar-refractivity contribution < 1.29 is 4.79 Å². The molecule has 0 aliphatic carbocycles. The van der Waals surface area contributed by atoms with Gasteiger partial charge in [-0.2, -0.15) is 0 Å². The number of amides is 1. The summed E-state index contributed by atoms with van der Waals surface area (Å²) in [6, 6.07) is 18.8. The van der Waals surface area contributed by atoms with E-state index in [9.17, 15) is 4.79 Å². The molecule has 2 aromatic carbocycles. The zero-order valence-corrected chi connectivity index (χ0v) is 18.1. The molecule has 0 radical (unpaired) electrons. The number of carbonyl (C=O) groups is 1. The van der Waals surface area contributed by atoms with Gasteiger partial charge in [-0.15, -0.1) is 10.2 Å². The van der Waals surface area contributed by atoms with Gasteiger partial charge in [0, 0.05) is 6.54 Å². The third kappa shape index (κ3) is 6.19. The zero-order chi connectivity index (χ0) is 20.6. The lowest BCUT2D eigenvalue weighted by molar-refractivity contribution is -0.118. The molecule has 0 atom stereocenters. The van der Waals surface area contributed by atoms with Gasteiger partial charge in [-0.25, -0.2) is 0 Å². The lowest BCUT2D eigenvalue weighted by Gasteiger charge is -2.09. The average molecular weight is 409 g/mol. The van der Waals surface area contributed by atoms with Crippen LogP contribution in [0.1, 0.15) is 42.3 Å². The molecule has 0 aliphatic rings. The summed E-state index contributed by atoms with van der Waals surface area (Å²) in [5.41, 5.74) is 3.76. The van der Waals surface area contributed by atoms with E-state index in [1.807, 2.05) is 29.7 Å². The number of nitrogens with one attached hydrogen (secondary N) is 1. The van der Waals surface area contributed by atoms with Crippen molar-refractivity contribution in [3.05, 3.63) is 77.1 Å². The first kappa shape index (κ1) is 21.1. The van der Waals surface area contributed by atoms with Crippen LogP contribution in [0.25, 0.3) is 0 Å². The molecule has 0 bridgehead atoms. The summed E-state index contributed by atoms with van der Waals surface area (Å²) in [6.07, 6.45) is 0.831. The first-order valence-electron chi connectivity index (χ1n) is 9.95. The maximum atomic E-state index is 12.2. The fourth-order valence-electron chi connectivity index (χ4n) is 3.01. The summed E-state index contributed by atoms with van der Waals surface area (Å²) in [4.78, 5) is 12.2. The number of aromatic nitrogens is 3. The SMILES string of the molecule is Cc1nnc(SCC(=O)NCCc2ccc(C(C)C)cc2)n1Cc1ccccc1. The summed E-state index contributed by atoms with van der Waals surface area (Å²) in [5, 5.41) is 12.2. The van der Waals surface area contributed by atoms with Gasteiger partial charge in [0.2, 0.25) is 5.91 Å². The highest BCUT2D eigenvalue weighted by atomic mass is 32.2. The zero-order valence-electron chi connectivity index (χ0n) is 17.3. The van der Waals surface area contributed by atoms with Crippen molar-refractivity contribution in [2.75, 3.05) is 12.3 Å². The fourth-order valence-corrected chi connectivity index (χ4v) is 3.83. The van der Waals surface area contributed by atoms with Crippen LogP contribution in [0.4, 0.5) is 0 Å². The highest BCUT2D eigenvalue weighted by Gasteiger charge is 2.12. The van der Waals surface area contributed by atoms with E-state index >= 15 is 0 Å². The molecule has 6 heteroatoms. The van der Waals surface area contributed by atoms with Crippen molar-refractivity contribution in [3.8, 4) is 0 Å². The fraction of sp³-hybridized carbons (Fsp3) is 0.348. The third-order valence-corrected chi connectivity index (χ3v) is 5.77. The van der Waals surface area contributed by atoms with Crippen molar-refractivity contribution in [3.63, 3.8) is 0 Å². The van der Waals surface area contributed by atoms with Crippen LogP contribution in [0.15, 0.2) is 59.8 Å². The van der Waals surface area contributed by atoms with Crippen molar-refractivity contribution in [1.82, 2.24) is 20.1 Å². The summed E-state index contributed by atoms with van der Waals surface area (Å²) < 4.78 is 2.05. The second-order valence-electron chi connectivity index (χ2n) is 7.39. The minimum Gasteiger partial charge on any atom is -0.355 e. The van der Waals surface area contributed by atoms with Crippen LogP contribution >= 0.6 is 11.8 Å². The predicted octanol–water partition coefficient (Wildman–Crippen LogP) is 4.21. The maximum Gasteiger partial charge on any atom is 0.230 e. The number of benzene rings is 2.